The quantitative estimate of drug-likeness (QED) is 0.294. The van der Waals surface area contributed by atoms with Crippen LogP contribution in [0.2, 0.25) is 0 Å². The van der Waals surface area contributed by atoms with Crippen LogP contribution in [0.5, 0.6) is 6.01 Å². The maximum Gasteiger partial charge on any atom is 0.319 e. The molecule has 3 fully saturated rings. The molecule has 9 nitrogen and oxygen atoms in total. The van der Waals surface area contributed by atoms with Crippen molar-refractivity contribution < 1.29 is 22.7 Å². The second-order valence-corrected chi connectivity index (χ2v) is 12.3. The molecule has 3 aromatic rings. The van der Waals surface area contributed by atoms with E-state index in [4.69, 9.17) is 11.3 Å². The number of fused-ring (bicyclic) bond motifs is 4. The standard InChI is InChI=1S/C32H32F3N7O2/c1-17(33)31(43)42-8-7-41(15-22(42)12-36-2)30-25-13-37-28(23-6-4-5-18-9-19-10-24(19)26(18)23)27(35)29(25)38-32(39-30)44-16-21-11-20(34)14-40(21)3/h4-6,13,19-22,24H,1,7-12,14-16H2,3H3/t19?,20-,21+,22+,24?/m1/s1. The molecule has 7 rings (SSSR count). The van der Waals surface area contributed by atoms with Crippen LogP contribution in [0.3, 0.4) is 0 Å². The van der Waals surface area contributed by atoms with Crippen LogP contribution in [0.15, 0.2) is 36.8 Å². The lowest BCUT2D eigenvalue weighted by Gasteiger charge is -2.39. The van der Waals surface area contributed by atoms with Crippen molar-refractivity contribution in [2.75, 3.05) is 51.3 Å². The molecule has 1 saturated carbocycles. The molecule has 1 aromatic carbocycles. The van der Waals surface area contributed by atoms with Gasteiger partial charge in [-0.05, 0) is 49.3 Å². The zero-order valence-electron chi connectivity index (χ0n) is 24.3. The first-order valence-corrected chi connectivity index (χ1v) is 14.9. The molecular formula is C32H32F3N7O2. The average molecular weight is 604 g/mol. The van der Waals surface area contributed by atoms with Gasteiger partial charge in [-0.1, -0.05) is 24.8 Å². The molecule has 2 aliphatic carbocycles. The lowest BCUT2D eigenvalue weighted by molar-refractivity contribution is -0.131. The summed E-state index contributed by atoms with van der Waals surface area (Å²) < 4.78 is 50.4. The number of piperazine rings is 1. The topological polar surface area (TPSA) is 79.1 Å². The lowest BCUT2D eigenvalue weighted by Crippen LogP contribution is -2.56. The summed E-state index contributed by atoms with van der Waals surface area (Å²) >= 11 is 0. The van der Waals surface area contributed by atoms with E-state index in [-0.39, 0.29) is 56.0 Å². The Labute approximate surface area is 253 Å². The van der Waals surface area contributed by atoms with E-state index in [0.717, 1.165) is 24.0 Å². The fraction of sp³-hybridized carbons (Fsp3) is 0.469. The first kappa shape index (κ1) is 28.5. The Bertz CT molecular complexity index is 1710. The Morgan fingerprint density at radius 3 is 2.80 bits per heavy atom. The highest BCUT2D eigenvalue weighted by molar-refractivity contribution is 5.93. The van der Waals surface area contributed by atoms with Crippen molar-refractivity contribution in [1.29, 1.82) is 0 Å². The molecule has 12 heteroatoms. The minimum Gasteiger partial charge on any atom is -0.462 e. The zero-order valence-corrected chi connectivity index (χ0v) is 24.3. The molecule has 5 atom stereocenters. The summed E-state index contributed by atoms with van der Waals surface area (Å²) in [7, 11) is 1.82. The third kappa shape index (κ3) is 4.93. The van der Waals surface area contributed by atoms with E-state index in [2.05, 4.69) is 32.4 Å². The number of carbonyl (C=O) groups excluding carboxylic acids is 1. The molecule has 0 bridgehead atoms. The zero-order chi connectivity index (χ0) is 30.7. The minimum absolute atomic E-state index is 0.0402. The van der Waals surface area contributed by atoms with E-state index in [1.165, 1.54) is 10.5 Å². The molecule has 0 N–H and O–H groups in total. The van der Waals surface area contributed by atoms with Crippen molar-refractivity contribution in [2.45, 2.75) is 43.4 Å². The maximum absolute atomic E-state index is 16.6. The number of halogens is 3. The summed E-state index contributed by atoms with van der Waals surface area (Å²) in [6, 6.07) is 5.06. The summed E-state index contributed by atoms with van der Waals surface area (Å²) in [5.41, 5.74) is 3.43. The van der Waals surface area contributed by atoms with E-state index in [1.807, 2.05) is 29.0 Å². The average Bonchev–Trinajstić information content (AvgIpc) is 3.55. The minimum atomic E-state index is -1.09. The summed E-state index contributed by atoms with van der Waals surface area (Å²) in [5.74, 6) is -1.15. The first-order chi connectivity index (χ1) is 21.2. The molecular weight excluding hydrogens is 571 g/mol. The van der Waals surface area contributed by atoms with Gasteiger partial charge in [0, 0.05) is 44.0 Å². The smallest absolute Gasteiger partial charge is 0.319 e. The van der Waals surface area contributed by atoms with Gasteiger partial charge in [0.05, 0.1) is 5.39 Å². The molecule has 0 radical (unpaired) electrons. The van der Waals surface area contributed by atoms with Gasteiger partial charge >= 0.3 is 6.01 Å². The number of pyridine rings is 1. The molecule has 1 amide bonds. The van der Waals surface area contributed by atoms with Gasteiger partial charge in [0.1, 0.15) is 35.8 Å². The lowest BCUT2D eigenvalue weighted by atomic mass is 9.96. The van der Waals surface area contributed by atoms with E-state index in [0.29, 0.717) is 36.0 Å². The van der Waals surface area contributed by atoms with E-state index < -0.39 is 29.8 Å². The number of benzene rings is 1. The second kappa shape index (κ2) is 11.0. The number of ether oxygens (including phenoxy) is 1. The molecule has 4 aliphatic rings. The number of nitrogens with zero attached hydrogens (tertiary/aromatic N) is 7. The molecule has 4 heterocycles. The number of anilines is 1. The molecule has 44 heavy (non-hydrogen) atoms. The second-order valence-electron chi connectivity index (χ2n) is 12.3. The SMILES string of the molecule is [C-]#[N+]C[C@H]1CN(c2nc(OC[C@@H]3C[C@@H](F)CN3C)nc3c(F)c(-c4cccc5c4C4CC4C5)ncc23)CCN1C(=O)C(=C)F. The predicted molar refractivity (Wildman–Crippen MR) is 158 cm³/mol. The summed E-state index contributed by atoms with van der Waals surface area (Å²) in [4.78, 5) is 34.7. The van der Waals surface area contributed by atoms with Crippen molar-refractivity contribution >= 4 is 22.6 Å². The molecule has 2 aliphatic heterocycles. The number of rotatable bonds is 7. The van der Waals surface area contributed by atoms with Crippen molar-refractivity contribution in [3.63, 3.8) is 0 Å². The number of alkyl halides is 1. The van der Waals surface area contributed by atoms with Crippen molar-refractivity contribution in [3.05, 3.63) is 65.2 Å². The molecule has 228 valence electrons. The van der Waals surface area contributed by atoms with Gasteiger partial charge in [-0.15, -0.1) is 0 Å². The third-order valence-electron chi connectivity index (χ3n) is 9.49. The molecule has 2 unspecified atom stereocenters. The van der Waals surface area contributed by atoms with Crippen LogP contribution in [-0.2, 0) is 11.2 Å². The van der Waals surface area contributed by atoms with Crippen LogP contribution >= 0.6 is 0 Å². The van der Waals surface area contributed by atoms with Gasteiger partial charge in [0.25, 0.3) is 5.91 Å². The predicted octanol–water partition coefficient (Wildman–Crippen LogP) is 4.33. The van der Waals surface area contributed by atoms with Crippen molar-refractivity contribution in [2.24, 2.45) is 5.92 Å². The van der Waals surface area contributed by atoms with Crippen LogP contribution in [-0.4, -0.2) is 95.3 Å². The van der Waals surface area contributed by atoms with Crippen LogP contribution in [0, 0.1) is 18.3 Å². The van der Waals surface area contributed by atoms with E-state index in [1.54, 1.807) is 6.20 Å². The van der Waals surface area contributed by atoms with E-state index >= 15 is 4.39 Å². The Kier molecular flexibility index (Phi) is 7.16. The Hall–Kier alpha value is -4.24. The normalized spacial score (nSPS) is 25.9. The molecule has 2 saturated heterocycles. The van der Waals surface area contributed by atoms with Gasteiger partial charge < -0.3 is 19.4 Å². The van der Waals surface area contributed by atoms with Gasteiger partial charge in [0.15, 0.2) is 11.6 Å². The molecule has 2 aromatic heterocycles. The Morgan fingerprint density at radius 1 is 1.20 bits per heavy atom. The van der Waals surface area contributed by atoms with Gasteiger partial charge in [-0.2, -0.15) is 9.97 Å². The summed E-state index contributed by atoms with van der Waals surface area (Å²) in [6.07, 6.45) is 3.03. The van der Waals surface area contributed by atoms with Crippen LogP contribution < -0.4 is 9.64 Å². The monoisotopic (exact) mass is 603 g/mol. The largest absolute Gasteiger partial charge is 0.462 e. The fourth-order valence-electron chi connectivity index (χ4n) is 7.17. The van der Waals surface area contributed by atoms with Gasteiger partial charge in [0.2, 0.25) is 6.54 Å². The van der Waals surface area contributed by atoms with Gasteiger partial charge in [-0.3, -0.25) is 14.7 Å². The summed E-state index contributed by atoms with van der Waals surface area (Å²) in [6.45, 7) is 11.4. The maximum atomic E-state index is 16.6. The molecule has 0 spiro atoms. The highest BCUT2D eigenvalue weighted by Gasteiger charge is 2.46. The van der Waals surface area contributed by atoms with Crippen LogP contribution in [0.25, 0.3) is 27.0 Å². The Balaban J connectivity index is 1.29. The number of likely N-dealkylation sites (N-methyl/N-ethyl adjacent to an activating group) is 1. The number of hydrogen-bond donors (Lipinski definition) is 0. The number of amides is 1. The number of aromatic nitrogens is 3. The highest BCUT2D eigenvalue weighted by Crippen LogP contribution is 2.58. The number of hydrogen-bond acceptors (Lipinski definition) is 7. The van der Waals surface area contributed by atoms with Crippen molar-refractivity contribution in [1.82, 2.24) is 24.8 Å². The van der Waals surface area contributed by atoms with Crippen LogP contribution in [0.1, 0.15) is 29.9 Å². The van der Waals surface area contributed by atoms with Crippen LogP contribution in [0.4, 0.5) is 19.0 Å². The van der Waals surface area contributed by atoms with Gasteiger partial charge in [-0.25, -0.2) is 19.7 Å². The fourth-order valence-corrected chi connectivity index (χ4v) is 7.17. The Morgan fingerprint density at radius 2 is 2.05 bits per heavy atom. The summed E-state index contributed by atoms with van der Waals surface area (Å²) in [5, 5.41) is 0.355. The highest BCUT2D eigenvalue weighted by atomic mass is 19.1. The number of carbonyl (C=O) groups is 1. The van der Waals surface area contributed by atoms with E-state index in [9.17, 15) is 13.6 Å². The third-order valence-corrected chi connectivity index (χ3v) is 9.49. The van der Waals surface area contributed by atoms with Crippen molar-refractivity contribution in [3.8, 4) is 17.3 Å². The first-order valence-electron chi connectivity index (χ1n) is 14.9. The number of likely N-dealkylation sites (tertiary alicyclic amines) is 1.